The van der Waals surface area contributed by atoms with Crippen molar-refractivity contribution in [2.45, 2.75) is 123 Å². The molecular weight excluding hydrogens is 779 g/mol. The van der Waals surface area contributed by atoms with E-state index in [4.69, 9.17) is 9.47 Å². The first-order chi connectivity index (χ1) is 30.2. The number of nitrogens with zero attached hydrogens (tertiary/aromatic N) is 5. The van der Waals surface area contributed by atoms with Gasteiger partial charge in [-0.2, -0.15) is 0 Å². The maximum Gasteiger partial charge on any atom is 0.309 e. The maximum atomic E-state index is 15.2. The summed E-state index contributed by atoms with van der Waals surface area (Å²) >= 11 is 0. The maximum absolute atomic E-state index is 15.2. The van der Waals surface area contributed by atoms with Crippen molar-refractivity contribution in [3.63, 3.8) is 0 Å². The van der Waals surface area contributed by atoms with E-state index in [1.807, 2.05) is 14.1 Å². The van der Waals surface area contributed by atoms with E-state index in [0.29, 0.717) is 61.2 Å². The number of amides is 1. The van der Waals surface area contributed by atoms with Crippen LogP contribution in [0, 0.1) is 11.8 Å². The standard InChI is InChI=1S/C50H73N7O5/c1-53(2)47(58)45(49(31-54(32-49)39-17-25-61-26-18-39)56-21-13-37(14-22-56)51-43-29-41(43)35-9-5-3-6-10-35)46(48(59)60)50(33-55(34-50)40-19-27-62-28-20-40)57-23-15-38(16-24-57)52-44-30-42(44)36-11-7-4-8-12-36/h3-12,37-46,51-52H,13-34H2,1-2H3,(H,59,60)/t41-,42-,43+,44+,45?,46?/m0/s1. The average Bonchev–Trinajstić information content (AvgIpc) is 4.22. The molecule has 338 valence electrons. The Hall–Kier alpha value is -2.94. The van der Waals surface area contributed by atoms with Gasteiger partial charge in [0.2, 0.25) is 5.91 Å². The third-order valence-electron chi connectivity index (χ3n) is 17.0. The van der Waals surface area contributed by atoms with Crippen molar-refractivity contribution in [3.8, 4) is 0 Å². The molecule has 6 aliphatic heterocycles. The zero-order chi connectivity index (χ0) is 42.4. The van der Waals surface area contributed by atoms with Crippen LogP contribution in [0.4, 0.5) is 0 Å². The van der Waals surface area contributed by atoms with Crippen LogP contribution in [-0.4, -0.2) is 182 Å². The Bertz CT molecular complexity index is 1810. The summed E-state index contributed by atoms with van der Waals surface area (Å²) < 4.78 is 11.6. The molecule has 0 bridgehead atoms. The number of ether oxygens (including phenoxy) is 2. The first-order valence-electron chi connectivity index (χ1n) is 24.4. The van der Waals surface area contributed by atoms with E-state index >= 15 is 4.79 Å². The smallest absolute Gasteiger partial charge is 0.309 e. The number of hydrogen-bond acceptors (Lipinski definition) is 10. The summed E-state index contributed by atoms with van der Waals surface area (Å²) in [4.78, 5) is 41.8. The minimum Gasteiger partial charge on any atom is -0.481 e. The van der Waals surface area contributed by atoms with Gasteiger partial charge in [0.1, 0.15) is 0 Å². The van der Waals surface area contributed by atoms with Crippen molar-refractivity contribution in [3.05, 3.63) is 71.8 Å². The van der Waals surface area contributed by atoms with Crippen LogP contribution in [0.2, 0.25) is 0 Å². The largest absolute Gasteiger partial charge is 0.481 e. The molecule has 12 heteroatoms. The first kappa shape index (κ1) is 43.0. The number of carboxylic acids is 1. The summed E-state index contributed by atoms with van der Waals surface area (Å²) in [5.74, 6) is -1.17. The van der Waals surface area contributed by atoms with Gasteiger partial charge in [0.05, 0.1) is 22.9 Å². The van der Waals surface area contributed by atoms with Crippen molar-refractivity contribution in [1.29, 1.82) is 0 Å². The molecule has 6 atom stereocenters. The first-order valence-corrected chi connectivity index (χ1v) is 24.4. The molecule has 1 amide bonds. The van der Waals surface area contributed by atoms with Gasteiger partial charge in [0.15, 0.2) is 0 Å². The van der Waals surface area contributed by atoms with E-state index in [1.165, 1.54) is 24.0 Å². The molecule has 2 aliphatic carbocycles. The Morgan fingerprint density at radius 1 is 0.613 bits per heavy atom. The highest BCUT2D eigenvalue weighted by atomic mass is 16.5. The van der Waals surface area contributed by atoms with Crippen molar-refractivity contribution >= 4 is 11.9 Å². The number of carboxylic acid groups (broad SMARTS) is 1. The normalized spacial score (nSPS) is 31.4. The van der Waals surface area contributed by atoms with Crippen LogP contribution in [0.5, 0.6) is 0 Å². The third-order valence-corrected chi connectivity index (χ3v) is 17.0. The molecule has 2 aromatic rings. The Morgan fingerprint density at radius 2 is 1.00 bits per heavy atom. The van der Waals surface area contributed by atoms with Gasteiger partial charge >= 0.3 is 5.97 Å². The van der Waals surface area contributed by atoms with Gasteiger partial charge in [0, 0.05) is 141 Å². The number of carbonyl (C=O) groups excluding carboxylic acids is 1. The molecule has 2 aromatic carbocycles. The highest BCUT2D eigenvalue weighted by molar-refractivity contribution is 5.87. The highest BCUT2D eigenvalue weighted by Crippen LogP contribution is 2.51. The van der Waals surface area contributed by atoms with Crippen molar-refractivity contribution in [2.75, 3.05) is 92.9 Å². The molecule has 0 radical (unpaired) electrons. The fraction of sp³-hybridized carbons (Fsp3) is 0.720. The fourth-order valence-electron chi connectivity index (χ4n) is 13.2. The van der Waals surface area contributed by atoms with E-state index in [0.717, 1.165) is 117 Å². The molecule has 0 aromatic heterocycles. The van der Waals surface area contributed by atoms with Gasteiger partial charge in [-0.1, -0.05) is 60.7 Å². The molecule has 12 nitrogen and oxygen atoms in total. The Labute approximate surface area is 370 Å². The number of aliphatic carboxylic acids is 1. The third kappa shape index (κ3) is 8.52. The SMILES string of the molecule is CN(C)C(=O)C(C(C(=O)O)C1(N2CCC(N[C@@H]3C[C@H]3c3ccccc3)CC2)CN(C2CCOCC2)C1)C1(N2CCC(N[C@@H]3C[C@H]3c3ccccc3)CC2)CN(C2CCOCC2)C1. The Morgan fingerprint density at radius 3 is 1.37 bits per heavy atom. The van der Waals surface area contributed by atoms with Gasteiger partial charge in [-0.15, -0.1) is 0 Å². The predicted octanol–water partition coefficient (Wildman–Crippen LogP) is 4.08. The van der Waals surface area contributed by atoms with E-state index < -0.39 is 28.9 Å². The molecule has 10 rings (SSSR count). The van der Waals surface area contributed by atoms with Crippen molar-refractivity contribution in [1.82, 2.24) is 35.1 Å². The minimum atomic E-state index is -0.838. The molecule has 6 heterocycles. The van der Waals surface area contributed by atoms with Gasteiger partial charge < -0.3 is 30.1 Å². The lowest BCUT2D eigenvalue weighted by atomic mass is 9.59. The highest BCUT2D eigenvalue weighted by Gasteiger charge is 2.68. The van der Waals surface area contributed by atoms with Crippen molar-refractivity contribution < 1.29 is 24.2 Å². The van der Waals surface area contributed by atoms with E-state index in [2.05, 4.69) is 90.9 Å². The lowest BCUT2D eigenvalue weighted by Gasteiger charge is -2.67. The second-order valence-corrected chi connectivity index (χ2v) is 20.8. The molecule has 3 N–H and O–H groups in total. The zero-order valence-electron chi connectivity index (χ0n) is 37.4. The number of hydrogen-bond donors (Lipinski definition) is 3. The van der Waals surface area contributed by atoms with E-state index in [1.54, 1.807) is 4.90 Å². The lowest BCUT2D eigenvalue weighted by Crippen LogP contribution is -2.84. The monoisotopic (exact) mass is 852 g/mol. The fourth-order valence-corrected chi connectivity index (χ4v) is 13.2. The second kappa shape index (κ2) is 18.1. The summed E-state index contributed by atoms with van der Waals surface area (Å²) in [6.07, 6.45) is 10.3. The Kier molecular flexibility index (Phi) is 12.6. The predicted molar refractivity (Wildman–Crippen MR) is 240 cm³/mol. The number of carbonyl (C=O) groups is 2. The number of piperidine rings is 2. The number of likely N-dealkylation sites (tertiary alicyclic amines) is 4. The molecule has 8 aliphatic rings. The van der Waals surface area contributed by atoms with Crippen LogP contribution >= 0.6 is 0 Å². The van der Waals surface area contributed by atoms with Gasteiger partial charge in [-0.25, -0.2) is 0 Å². The minimum absolute atomic E-state index is 0.0194. The van der Waals surface area contributed by atoms with Gasteiger partial charge in [-0.05, 0) is 75.3 Å². The molecule has 0 spiro atoms. The summed E-state index contributed by atoms with van der Waals surface area (Å²) in [7, 11) is 3.71. The van der Waals surface area contributed by atoms with Gasteiger partial charge in [-0.3, -0.25) is 29.2 Å². The molecule has 62 heavy (non-hydrogen) atoms. The van der Waals surface area contributed by atoms with Crippen LogP contribution in [0.15, 0.2) is 60.7 Å². The van der Waals surface area contributed by atoms with Crippen LogP contribution in [0.1, 0.15) is 87.2 Å². The quantitative estimate of drug-likeness (QED) is 0.241. The number of benzene rings is 2. The molecule has 2 unspecified atom stereocenters. The molecule has 2 saturated carbocycles. The molecule has 6 saturated heterocycles. The molecule has 8 fully saturated rings. The summed E-state index contributed by atoms with van der Waals surface area (Å²) in [6, 6.07) is 24.4. The zero-order valence-corrected chi connectivity index (χ0v) is 37.4. The van der Waals surface area contributed by atoms with E-state index in [9.17, 15) is 9.90 Å². The summed E-state index contributed by atoms with van der Waals surface area (Å²) in [5.41, 5.74) is 1.64. The lowest BCUT2D eigenvalue weighted by molar-refractivity contribution is -0.203. The second-order valence-electron chi connectivity index (χ2n) is 20.8. The topological polar surface area (TPSA) is 113 Å². The van der Waals surface area contributed by atoms with Crippen LogP contribution < -0.4 is 10.6 Å². The summed E-state index contributed by atoms with van der Waals surface area (Å²) in [6.45, 7) is 9.32. The molecular formula is C50H73N7O5. The number of rotatable bonds is 15. The van der Waals surface area contributed by atoms with Crippen molar-refractivity contribution in [2.24, 2.45) is 11.8 Å². The summed E-state index contributed by atoms with van der Waals surface area (Å²) in [5, 5.41) is 19.9. The van der Waals surface area contributed by atoms with Crippen LogP contribution in [0.3, 0.4) is 0 Å². The number of nitrogens with one attached hydrogen (secondary N) is 2. The average molecular weight is 852 g/mol. The van der Waals surface area contributed by atoms with E-state index in [-0.39, 0.29) is 5.91 Å². The van der Waals surface area contributed by atoms with Gasteiger partial charge in [0.25, 0.3) is 0 Å². The van der Waals surface area contributed by atoms with Crippen LogP contribution in [-0.2, 0) is 19.1 Å². The Balaban J connectivity index is 0.914. The van der Waals surface area contributed by atoms with Crippen LogP contribution in [0.25, 0.3) is 0 Å².